The molecule has 0 aromatic carbocycles. The van der Waals surface area contributed by atoms with E-state index in [1.807, 2.05) is 0 Å². The molecular formula is C9H17NO2. The van der Waals surface area contributed by atoms with Crippen molar-refractivity contribution in [1.29, 1.82) is 0 Å². The number of rotatable bonds is 6. The summed E-state index contributed by atoms with van der Waals surface area (Å²) in [7, 11) is 0. The summed E-state index contributed by atoms with van der Waals surface area (Å²) < 4.78 is 4.79. The van der Waals surface area contributed by atoms with Crippen LogP contribution in [-0.4, -0.2) is 12.6 Å². The van der Waals surface area contributed by atoms with Gasteiger partial charge in [0.05, 0.1) is 6.61 Å². The fraction of sp³-hybridized carbons (Fsp3) is 0.667. The lowest BCUT2D eigenvalue weighted by Gasteiger charge is -2.02. The zero-order chi connectivity index (χ0) is 9.40. The maximum absolute atomic E-state index is 10.7. The summed E-state index contributed by atoms with van der Waals surface area (Å²) in [6, 6.07) is 0. The average Bonchev–Trinajstić information content (AvgIpc) is 2.03. The van der Waals surface area contributed by atoms with Crippen molar-refractivity contribution in [3.05, 3.63) is 12.3 Å². The van der Waals surface area contributed by atoms with E-state index in [4.69, 9.17) is 10.5 Å². The molecule has 0 aromatic heterocycles. The quantitative estimate of drug-likeness (QED) is 0.375. The number of nitrogens with two attached hydrogens (primary N) is 1. The van der Waals surface area contributed by atoms with E-state index in [1.165, 1.54) is 12.8 Å². The van der Waals surface area contributed by atoms with Crippen molar-refractivity contribution in [1.82, 2.24) is 0 Å². The minimum Gasteiger partial charge on any atom is -0.461 e. The van der Waals surface area contributed by atoms with Crippen LogP contribution in [0, 0.1) is 0 Å². The van der Waals surface area contributed by atoms with E-state index in [-0.39, 0.29) is 5.70 Å². The van der Waals surface area contributed by atoms with Gasteiger partial charge >= 0.3 is 5.97 Å². The second-order valence-corrected chi connectivity index (χ2v) is 2.72. The molecule has 0 aromatic rings. The number of hydrogen-bond donors (Lipinski definition) is 1. The number of ether oxygens (including phenoxy) is 1. The number of unbranched alkanes of at least 4 members (excludes halogenated alkanes) is 3. The van der Waals surface area contributed by atoms with Gasteiger partial charge in [-0.3, -0.25) is 0 Å². The molecule has 0 radical (unpaired) electrons. The van der Waals surface area contributed by atoms with Crippen molar-refractivity contribution < 1.29 is 9.53 Å². The van der Waals surface area contributed by atoms with Crippen molar-refractivity contribution in [2.45, 2.75) is 32.6 Å². The Morgan fingerprint density at radius 1 is 1.42 bits per heavy atom. The predicted molar refractivity (Wildman–Crippen MR) is 48.4 cm³/mol. The van der Waals surface area contributed by atoms with Crippen molar-refractivity contribution in [2.75, 3.05) is 6.61 Å². The van der Waals surface area contributed by atoms with Gasteiger partial charge in [0.25, 0.3) is 0 Å². The molecular weight excluding hydrogens is 154 g/mol. The van der Waals surface area contributed by atoms with E-state index < -0.39 is 5.97 Å². The third-order valence-electron chi connectivity index (χ3n) is 1.49. The number of carbonyl (C=O) groups is 1. The summed E-state index contributed by atoms with van der Waals surface area (Å²) >= 11 is 0. The molecule has 0 heterocycles. The van der Waals surface area contributed by atoms with Crippen LogP contribution in [-0.2, 0) is 9.53 Å². The first kappa shape index (κ1) is 11.0. The van der Waals surface area contributed by atoms with Gasteiger partial charge in [0.1, 0.15) is 5.70 Å². The lowest BCUT2D eigenvalue weighted by molar-refractivity contribution is -0.139. The number of esters is 1. The molecule has 0 aliphatic rings. The van der Waals surface area contributed by atoms with Crippen LogP contribution in [0.2, 0.25) is 0 Å². The van der Waals surface area contributed by atoms with Gasteiger partial charge in [0.2, 0.25) is 0 Å². The van der Waals surface area contributed by atoms with Gasteiger partial charge in [-0.15, -0.1) is 0 Å². The van der Waals surface area contributed by atoms with Crippen molar-refractivity contribution in [3.63, 3.8) is 0 Å². The lowest BCUT2D eigenvalue weighted by Crippen LogP contribution is -2.13. The molecule has 0 aliphatic heterocycles. The van der Waals surface area contributed by atoms with Crippen LogP contribution in [0.25, 0.3) is 0 Å². The topological polar surface area (TPSA) is 52.3 Å². The minimum absolute atomic E-state index is 0.0227. The molecule has 3 nitrogen and oxygen atoms in total. The minimum atomic E-state index is -0.494. The van der Waals surface area contributed by atoms with Crippen LogP contribution < -0.4 is 5.73 Å². The van der Waals surface area contributed by atoms with Crippen molar-refractivity contribution in [3.8, 4) is 0 Å². The van der Waals surface area contributed by atoms with Crippen molar-refractivity contribution in [2.24, 2.45) is 5.73 Å². The highest BCUT2D eigenvalue weighted by Crippen LogP contribution is 1.99. The third kappa shape index (κ3) is 5.77. The number of carbonyl (C=O) groups excluding carboxylic acids is 1. The standard InChI is InChI=1S/C9H17NO2/c1-3-4-5-6-7-12-9(11)8(2)10/h2-7,10H2,1H3. The first-order valence-corrected chi connectivity index (χ1v) is 4.30. The fourth-order valence-electron chi connectivity index (χ4n) is 0.786. The Balaban J connectivity index is 3.20. The van der Waals surface area contributed by atoms with E-state index >= 15 is 0 Å². The van der Waals surface area contributed by atoms with Crippen LogP contribution in [0.4, 0.5) is 0 Å². The Hall–Kier alpha value is -0.990. The molecule has 0 saturated carbocycles. The van der Waals surface area contributed by atoms with E-state index in [2.05, 4.69) is 13.5 Å². The Morgan fingerprint density at radius 2 is 2.08 bits per heavy atom. The molecule has 0 spiro atoms. The molecule has 3 heteroatoms. The van der Waals surface area contributed by atoms with Gasteiger partial charge in [-0.2, -0.15) is 0 Å². The molecule has 0 bridgehead atoms. The molecule has 0 amide bonds. The highest BCUT2D eigenvalue weighted by atomic mass is 16.5. The van der Waals surface area contributed by atoms with E-state index in [9.17, 15) is 4.79 Å². The highest BCUT2D eigenvalue weighted by molar-refractivity contribution is 5.86. The second-order valence-electron chi connectivity index (χ2n) is 2.72. The second kappa shape index (κ2) is 6.70. The van der Waals surface area contributed by atoms with Gasteiger partial charge in [0.15, 0.2) is 0 Å². The van der Waals surface area contributed by atoms with Crippen LogP contribution in [0.15, 0.2) is 12.3 Å². The van der Waals surface area contributed by atoms with Gasteiger partial charge in [-0.25, -0.2) is 4.79 Å². The Morgan fingerprint density at radius 3 is 2.58 bits per heavy atom. The summed E-state index contributed by atoms with van der Waals surface area (Å²) in [5, 5.41) is 0. The molecule has 12 heavy (non-hydrogen) atoms. The van der Waals surface area contributed by atoms with Crippen LogP contribution in [0.5, 0.6) is 0 Å². The van der Waals surface area contributed by atoms with E-state index in [0.29, 0.717) is 6.61 Å². The highest BCUT2D eigenvalue weighted by Gasteiger charge is 2.01. The maximum Gasteiger partial charge on any atom is 0.353 e. The van der Waals surface area contributed by atoms with Gasteiger partial charge in [0, 0.05) is 0 Å². The Kier molecular flexibility index (Phi) is 6.15. The summed E-state index contributed by atoms with van der Waals surface area (Å²) in [6.07, 6.45) is 4.37. The molecule has 0 unspecified atom stereocenters. The van der Waals surface area contributed by atoms with Crippen LogP contribution in [0.3, 0.4) is 0 Å². The molecule has 0 rings (SSSR count). The van der Waals surface area contributed by atoms with Crippen LogP contribution >= 0.6 is 0 Å². The van der Waals surface area contributed by atoms with Gasteiger partial charge in [-0.1, -0.05) is 32.8 Å². The molecule has 2 N–H and O–H groups in total. The van der Waals surface area contributed by atoms with E-state index in [0.717, 1.165) is 12.8 Å². The fourth-order valence-corrected chi connectivity index (χ4v) is 0.786. The summed E-state index contributed by atoms with van der Waals surface area (Å²) in [5.41, 5.74) is 5.09. The molecule has 0 atom stereocenters. The molecule has 0 aliphatic carbocycles. The first-order valence-electron chi connectivity index (χ1n) is 4.30. The van der Waals surface area contributed by atoms with Gasteiger partial charge < -0.3 is 10.5 Å². The monoisotopic (exact) mass is 171 g/mol. The Bertz CT molecular complexity index is 155. The molecule has 0 fully saturated rings. The van der Waals surface area contributed by atoms with Gasteiger partial charge in [-0.05, 0) is 6.42 Å². The third-order valence-corrected chi connectivity index (χ3v) is 1.49. The van der Waals surface area contributed by atoms with E-state index in [1.54, 1.807) is 0 Å². The Labute approximate surface area is 73.6 Å². The summed E-state index contributed by atoms with van der Waals surface area (Å²) in [4.78, 5) is 10.7. The summed E-state index contributed by atoms with van der Waals surface area (Å²) in [5.74, 6) is -0.494. The molecule has 70 valence electrons. The molecule has 0 saturated heterocycles. The average molecular weight is 171 g/mol. The lowest BCUT2D eigenvalue weighted by atomic mass is 10.2. The first-order chi connectivity index (χ1) is 5.68. The smallest absolute Gasteiger partial charge is 0.353 e. The maximum atomic E-state index is 10.7. The van der Waals surface area contributed by atoms with Crippen LogP contribution in [0.1, 0.15) is 32.6 Å². The number of hydrogen-bond acceptors (Lipinski definition) is 3. The predicted octanol–water partition coefficient (Wildman–Crippen LogP) is 1.58. The zero-order valence-corrected chi connectivity index (χ0v) is 7.64. The SMILES string of the molecule is C=C(N)C(=O)OCCCCCC. The normalized spacial score (nSPS) is 9.42. The zero-order valence-electron chi connectivity index (χ0n) is 7.64. The largest absolute Gasteiger partial charge is 0.461 e. The van der Waals surface area contributed by atoms with Crippen molar-refractivity contribution >= 4 is 5.97 Å². The summed E-state index contributed by atoms with van der Waals surface area (Å²) in [6.45, 7) is 5.86.